The summed E-state index contributed by atoms with van der Waals surface area (Å²) >= 11 is 0. The Balaban J connectivity index is 1.09. The second-order valence-corrected chi connectivity index (χ2v) is 17.6. The van der Waals surface area contributed by atoms with Crippen molar-refractivity contribution in [2.45, 2.75) is 171 Å². The second-order valence-electron chi connectivity index (χ2n) is 17.6. The largest absolute Gasteiger partial charge is 0.508 e. The molecule has 0 amide bonds. The van der Waals surface area contributed by atoms with E-state index in [2.05, 4.69) is 6.92 Å². The molecule has 14 nitrogen and oxygen atoms in total. The Kier molecular flexibility index (Phi) is 11.1. The molecule has 312 valence electrons. The van der Waals surface area contributed by atoms with E-state index in [1.165, 1.54) is 31.2 Å². The lowest BCUT2D eigenvalue weighted by atomic mass is 9.42. The molecule has 1 aromatic rings. The third-order valence-corrected chi connectivity index (χ3v) is 15.0. The predicted molar refractivity (Wildman–Crippen MR) is 198 cm³/mol. The molecule has 0 spiro atoms. The van der Waals surface area contributed by atoms with Crippen LogP contribution in [0.1, 0.15) is 103 Å². The number of hydrogen-bond acceptors (Lipinski definition) is 14. The Hall–Kier alpha value is -2.50. The number of fused-ring (bicyclic) bond motifs is 5. The van der Waals surface area contributed by atoms with Crippen LogP contribution in [-0.2, 0) is 38.0 Å². The first-order valence-corrected chi connectivity index (χ1v) is 20.1. The molecule has 6 aliphatic rings. The van der Waals surface area contributed by atoms with Gasteiger partial charge in [-0.05, 0) is 102 Å². The molecule has 2 heterocycles. The molecule has 0 aromatic heterocycles. The van der Waals surface area contributed by atoms with Gasteiger partial charge in [-0.15, -0.1) is 0 Å². The molecule has 56 heavy (non-hydrogen) atoms. The maximum atomic E-state index is 13.6. The second kappa shape index (κ2) is 15.0. The number of esters is 1. The zero-order valence-corrected chi connectivity index (χ0v) is 33.5. The third kappa shape index (κ3) is 6.38. The van der Waals surface area contributed by atoms with Gasteiger partial charge in [0.1, 0.15) is 40.9 Å². The summed E-state index contributed by atoms with van der Waals surface area (Å²) in [5, 5.41) is 57.9. The molecule has 7 rings (SSSR count). The zero-order valence-electron chi connectivity index (χ0n) is 33.5. The Bertz CT molecular complexity index is 1670. The number of aromatic hydroxyl groups is 1. The van der Waals surface area contributed by atoms with Gasteiger partial charge in [0.05, 0.1) is 41.5 Å². The van der Waals surface area contributed by atoms with Crippen LogP contribution in [0.25, 0.3) is 0 Å². The van der Waals surface area contributed by atoms with Crippen LogP contribution >= 0.6 is 0 Å². The van der Waals surface area contributed by atoms with E-state index in [0.717, 1.165) is 5.57 Å². The molecule has 5 N–H and O–H groups in total. The van der Waals surface area contributed by atoms with Crippen molar-refractivity contribution in [1.29, 1.82) is 0 Å². The number of Topliss-reactive ketones (excluding diaryl/α,β-unsaturated/α-hetero) is 1. The Morgan fingerprint density at radius 2 is 1.50 bits per heavy atom. The summed E-state index contributed by atoms with van der Waals surface area (Å²) in [7, 11) is 3.18. The maximum Gasteiger partial charge on any atom is 0.338 e. The number of aliphatic hydroxyl groups is 4. The first-order chi connectivity index (χ1) is 26.3. The highest BCUT2D eigenvalue weighted by Gasteiger charge is 2.81. The SMILES string of the molecule is CO[C@H]1C[C@H](O[C@H]2CC[C@@]3(C)C(=CC[C@]4(O)[C@@H]3C[C@@H](OC(=O)c3ccc(O)cc3)[C@@]3(C)[C@]4(O)CC[C@@]3(O)C(C)=O)C2)O[C@H](C)[C@H]1O[C@H]1C[C@@H](OC)[C@H](O)[C@@H](C)O1. The smallest absolute Gasteiger partial charge is 0.338 e. The van der Waals surface area contributed by atoms with Crippen LogP contribution in [0.15, 0.2) is 35.9 Å². The number of carbonyl (C=O) groups excluding carboxylic acids is 2. The Morgan fingerprint density at radius 1 is 0.857 bits per heavy atom. The average molecular weight is 789 g/mol. The van der Waals surface area contributed by atoms with E-state index in [4.69, 9.17) is 33.2 Å². The van der Waals surface area contributed by atoms with Crippen LogP contribution < -0.4 is 0 Å². The number of ketones is 1. The lowest BCUT2D eigenvalue weighted by Gasteiger charge is -2.67. The fourth-order valence-electron chi connectivity index (χ4n) is 11.5. The molecular formula is C42H60O14. The average Bonchev–Trinajstić information content (AvgIpc) is 3.39. The lowest BCUT2D eigenvalue weighted by molar-refractivity contribution is -0.322. The van der Waals surface area contributed by atoms with Crippen molar-refractivity contribution in [2.24, 2.45) is 16.7 Å². The van der Waals surface area contributed by atoms with Crippen molar-refractivity contribution >= 4 is 11.8 Å². The predicted octanol–water partition coefficient (Wildman–Crippen LogP) is 3.47. The summed E-state index contributed by atoms with van der Waals surface area (Å²) in [5.41, 5.74) is -6.91. The fourth-order valence-corrected chi connectivity index (χ4v) is 11.5. The highest BCUT2D eigenvalue weighted by molar-refractivity contribution is 5.90. The van der Waals surface area contributed by atoms with Gasteiger partial charge in [-0.2, -0.15) is 0 Å². The number of benzene rings is 1. The van der Waals surface area contributed by atoms with Crippen molar-refractivity contribution in [1.82, 2.24) is 0 Å². The van der Waals surface area contributed by atoms with Crippen molar-refractivity contribution in [3.63, 3.8) is 0 Å². The monoisotopic (exact) mass is 788 g/mol. The molecule has 16 atom stereocenters. The van der Waals surface area contributed by atoms with Crippen molar-refractivity contribution < 1.29 is 68.3 Å². The fraction of sp³-hybridized carbons (Fsp3) is 0.762. The molecule has 5 fully saturated rings. The van der Waals surface area contributed by atoms with E-state index in [1.807, 2.05) is 13.0 Å². The van der Waals surface area contributed by atoms with Crippen LogP contribution in [0, 0.1) is 16.7 Å². The number of methoxy groups -OCH3 is 2. The van der Waals surface area contributed by atoms with Gasteiger partial charge < -0.3 is 58.7 Å². The summed E-state index contributed by atoms with van der Waals surface area (Å²) in [5.74, 6) is -1.90. The van der Waals surface area contributed by atoms with Gasteiger partial charge in [-0.25, -0.2) is 4.79 Å². The van der Waals surface area contributed by atoms with Gasteiger partial charge in [0.25, 0.3) is 0 Å². The summed E-state index contributed by atoms with van der Waals surface area (Å²) in [4.78, 5) is 26.8. The van der Waals surface area contributed by atoms with Crippen LogP contribution in [0.3, 0.4) is 0 Å². The summed E-state index contributed by atoms with van der Waals surface area (Å²) < 4.78 is 42.8. The van der Waals surface area contributed by atoms with Gasteiger partial charge in [-0.1, -0.05) is 18.6 Å². The van der Waals surface area contributed by atoms with E-state index in [1.54, 1.807) is 28.1 Å². The molecule has 1 aromatic carbocycles. The number of hydrogen-bond donors (Lipinski definition) is 5. The van der Waals surface area contributed by atoms with Crippen LogP contribution in [-0.4, -0.2) is 130 Å². The highest BCUT2D eigenvalue weighted by atomic mass is 16.7. The Labute approximate surface area is 328 Å². The molecule has 0 bridgehead atoms. The topological polar surface area (TPSA) is 200 Å². The minimum atomic E-state index is -2.06. The number of rotatable bonds is 9. The summed E-state index contributed by atoms with van der Waals surface area (Å²) in [6, 6.07) is 5.59. The van der Waals surface area contributed by atoms with Gasteiger partial charge in [0.2, 0.25) is 0 Å². The van der Waals surface area contributed by atoms with E-state index in [9.17, 15) is 35.1 Å². The maximum absolute atomic E-state index is 13.6. The lowest BCUT2D eigenvalue weighted by Crippen LogP contribution is -2.78. The van der Waals surface area contributed by atoms with E-state index in [0.29, 0.717) is 32.1 Å². The number of phenolic OH excluding ortho intramolecular Hbond substituents is 1. The number of ether oxygens (including phenoxy) is 7. The number of phenols is 1. The summed E-state index contributed by atoms with van der Waals surface area (Å²) in [6.45, 7) is 8.59. The first-order valence-electron chi connectivity index (χ1n) is 20.1. The van der Waals surface area contributed by atoms with Crippen molar-refractivity contribution in [2.75, 3.05) is 14.2 Å². The zero-order chi connectivity index (χ0) is 40.6. The highest BCUT2D eigenvalue weighted by Crippen LogP contribution is 2.71. The van der Waals surface area contributed by atoms with Gasteiger partial charge in [0.15, 0.2) is 18.4 Å². The number of carbonyl (C=O) groups is 2. The van der Waals surface area contributed by atoms with E-state index in [-0.39, 0.29) is 49.2 Å². The third-order valence-electron chi connectivity index (χ3n) is 15.0. The minimum absolute atomic E-state index is 0.0228. The molecule has 2 aliphatic heterocycles. The molecule has 14 heteroatoms. The van der Waals surface area contributed by atoms with E-state index < -0.39 is 94.5 Å². The summed E-state index contributed by atoms with van der Waals surface area (Å²) in [6.07, 6.45) is -0.836. The molecule has 0 unspecified atom stereocenters. The molecule has 3 saturated carbocycles. The molecular weight excluding hydrogens is 728 g/mol. The molecule has 2 saturated heterocycles. The van der Waals surface area contributed by atoms with Crippen molar-refractivity contribution in [3.8, 4) is 5.75 Å². The van der Waals surface area contributed by atoms with Gasteiger partial charge in [-0.3, -0.25) is 4.79 Å². The van der Waals surface area contributed by atoms with E-state index >= 15 is 0 Å². The van der Waals surface area contributed by atoms with Gasteiger partial charge >= 0.3 is 5.97 Å². The quantitative estimate of drug-likeness (QED) is 0.180. The van der Waals surface area contributed by atoms with Crippen LogP contribution in [0.4, 0.5) is 0 Å². The van der Waals surface area contributed by atoms with Gasteiger partial charge in [0, 0.05) is 33.0 Å². The van der Waals surface area contributed by atoms with Crippen LogP contribution in [0.5, 0.6) is 5.75 Å². The standard InChI is InChI=1S/C42H60O14/c1-22-35(45)29(50-6)19-34(52-22)56-36-23(2)53-33(20-30(36)51-7)54-28-13-14-38(4)26(18-28)12-15-41(48)31(38)21-32(55-37(46)25-8-10-27(44)11-9-25)39(5)40(47,24(3)43)16-17-42(39,41)49/h8-12,22-23,28-36,44-45,47-49H,13-21H2,1-7H3/t22-,23-,28+,29-,30+,31-,32-,33+,34+,35-,36-,38+,39-,40-,41+,42-/m1/s1. The normalized spacial score (nSPS) is 47.6. The van der Waals surface area contributed by atoms with Crippen molar-refractivity contribution in [3.05, 3.63) is 41.5 Å². The number of aliphatic hydroxyl groups excluding tert-OH is 1. The Morgan fingerprint density at radius 3 is 2.16 bits per heavy atom. The minimum Gasteiger partial charge on any atom is -0.508 e. The molecule has 4 aliphatic carbocycles. The van der Waals surface area contributed by atoms with Crippen LogP contribution in [0.2, 0.25) is 0 Å². The molecule has 0 radical (unpaired) electrons. The first kappa shape index (κ1) is 41.7.